The average Bonchev–Trinajstić information content (AvgIpc) is 2.05. The van der Waals surface area contributed by atoms with Gasteiger partial charge >= 0.3 is 6.03 Å². The maximum absolute atomic E-state index is 11.3. The van der Waals surface area contributed by atoms with Crippen molar-refractivity contribution in [3.8, 4) is 0 Å². The van der Waals surface area contributed by atoms with E-state index in [1.807, 2.05) is 11.9 Å². The summed E-state index contributed by atoms with van der Waals surface area (Å²) in [6.07, 6.45) is 1.06. The predicted molar refractivity (Wildman–Crippen MR) is 48.1 cm³/mol. The normalized spacial score (nSPS) is 20.5. The number of nitrogens with zero attached hydrogens (tertiary/aromatic N) is 1. The van der Waals surface area contributed by atoms with Crippen LogP contribution in [0.4, 0.5) is 4.79 Å². The molecule has 2 N–H and O–H groups in total. The Morgan fingerprint density at radius 3 is 3.08 bits per heavy atom. The first kappa shape index (κ1) is 9.32. The second-order valence-corrected chi connectivity index (χ2v) is 3.19. The summed E-state index contributed by atoms with van der Waals surface area (Å²) >= 11 is 0. The van der Waals surface area contributed by atoms with Gasteiger partial charge in [-0.15, -0.1) is 0 Å². The lowest BCUT2D eigenvalue weighted by molar-refractivity contribution is 0.165. The molecule has 1 heterocycles. The van der Waals surface area contributed by atoms with Crippen LogP contribution in [0.25, 0.3) is 0 Å². The Bertz CT molecular complexity index is 160. The monoisotopic (exact) mass is 171 g/mol. The SMILES string of the molecule is CNCC(C)N1CCCNC1=O. The zero-order chi connectivity index (χ0) is 8.97. The molecule has 1 rings (SSSR count). The zero-order valence-corrected chi connectivity index (χ0v) is 7.76. The highest BCUT2D eigenvalue weighted by Crippen LogP contribution is 2.03. The fourth-order valence-corrected chi connectivity index (χ4v) is 1.47. The van der Waals surface area contributed by atoms with Gasteiger partial charge in [-0.25, -0.2) is 4.79 Å². The first-order valence-electron chi connectivity index (χ1n) is 4.44. The van der Waals surface area contributed by atoms with Gasteiger partial charge in [-0.3, -0.25) is 0 Å². The minimum Gasteiger partial charge on any atom is -0.338 e. The third-order valence-electron chi connectivity index (χ3n) is 2.14. The molecule has 4 heteroatoms. The summed E-state index contributed by atoms with van der Waals surface area (Å²) in [7, 11) is 1.90. The number of hydrogen-bond donors (Lipinski definition) is 2. The Balaban J connectivity index is 2.42. The number of carbonyl (C=O) groups excluding carboxylic acids is 1. The van der Waals surface area contributed by atoms with Gasteiger partial charge in [-0.2, -0.15) is 0 Å². The zero-order valence-electron chi connectivity index (χ0n) is 7.76. The minimum atomic E-state index is 0.0731. The lowest BCUT2D eigenvalue weighted by Gasteiger charge is -2.32. The molecule has 0 aromatic heterocycles. The molecule has 1 atom stereocenters. The molecule has 0 radical (unpaired) electrons. The number of urea groups is 1. The molecule has 4 nitrogen and oxygen atoms in total. The van der Waals surface area contributed by atoms with E-state index in [-0.39, 0.29) is 12.1 Å². The second-order valence-electron chi connectivity index (χ2n) is 3.19. The third kappa shape index (κ3) is 2.11. The first-order valence-corrected chi connectivity index (χ1v) is 4.44. The molecule has 0 saturated carbocycles. The fourth-order valence-electron chi connectivity index (χ4n) is 1.47. The Labute approximate surface area is 73.3 Å². The van der Waals surface area contributed by atoms with Crippen LogP contribution in [-0.4, -0.2) is 43.7 Å². The molecule has 1 aliphatic rings. The Morgan fingerprint density at radius 2 is 2.50 bits per heavy atom. The van der Waals surface area contributed by atoms with Crippen LogP contribution in [0.3, 0.4) is 0 Å². The van der Waals surface area contributed by atoms with Crippen molar-refractivity contribution >= 4 is 6.03 Å². The van der Waals surface area contributed by atoms with Crippen molar-refractivity contribution in [2.24, 2.45) is 0 Å². The fraction of sp³-hybridized carbons (Fsp3) is 0.875. The summed E-state index contributed by atoms with van der Waals surface area (Å²) in [6.45, 7) is 4.62. The molecule has 0 aliphatic carbocycles. The van der Waals surface area contributed by atoms with Gasteiger partial charge in [0.25, 0.3) is 0 Å². The quantitative estimate of drug-likeness (QED) is 0.628. The molecular formula is C8H17N3O. The molecule has 0 bridgehead atoms. The van der Waals surface area contributed by atoms with Crippen molar-refractivity contribution in [3.63, 3.8) is 0 Å². The van der Waals surface area contributed by atoms with Crippen LogP contribution in [0.5, 0.6) is 0 Å². The van der Waals surface area contributed by atoms with Gasteiger partial charge in [0.2, 0.25) is 0 Å². The summed E-state index contributed by atoms with van der Waals surface area (Å²) in [6, 6.07) is 0.360. The van der Waals surface area contributed by atoms with E-state index >= 15 is 0 Å². The standard InChI is InChI=1S/C8H17N3O/c1-7(6-9-2)11-5-3-4-10-8(11)12/h7,9H,3-6H2,1-2H3,(H,10,12). The van der Waals surface area contributed by atoms with Crippen LogP contribution < -0.4 is 10.6 Å². The van der Waals surface area contributed by atoms with Gasteiger partial charge in [0, 0.05) is 25.7 Å². The highest BCUT2D eigenvalue weighted by atomic mass is 16.2. The highest BCUT2D eigenvalue weighted by molar-refractivity contribution is 5.75. The Hall–Kier alpha value is -0.770. The summed E-state index contributed by atoms with van der Waals surface area (Å²) in [5, 5.41) is 5.89. The largest absolute Gasteiger partial charge is 0.338 e. The molecule has 0 aromatic carbocycles. The molecule has 12 heavy (non-hydrogen) atoms. The Morgan fingerprint density at radius 1 is 1.75 bits per heavy atom. The first-order chi connectivity index (χ1) is 5.75. The van der Waals surface area contributed by atoms with E-state index in [1.54, 1.807) is 0 Å². The third-order valence-corrected chi connectivity index (χ3v) is 2.14. The minimum absolute atomic E-state index is 0.0731. The van der Waals surface area contributed by atoms with Crippen molar-refractivity contribution in [2.45, 2.75) is 19.4 Å². The molecule has 0 spiro atoms. The lowest BCUT2D eigenvalue weighted by atomic mass is 10.2. The molecule has 1 aliphatic heterocycles. The van der Waals surface area contributed by atoms with Crippen LogP contribution in [0.1, 0.15) is 13.3 Å². The highest BCUT2D eigenvalue weighted by Gasteiger charge is 2.21. The molecule has 70 valence electrons. The van der Waals surface area contributed by atoms with E-state index in [0.717, 1.165) is 26.1 Å². The maximum Gasteiger partial charge on any atom is 0.317 e. The van der Waals surface area contributed by atoms with Crippen LogP contribution in [-0.2, 0) is 0 Å². The van der Waals surface area contributed by atoms with Crippen LogP contribution in [0.2, 0.25) is 0 Å². The Kier molecular flexibility index (Phi) is 3.34. The second kappa shape index (κ2) is 4.30. The van der Waals surface area contributed by atoms with Gasteiger partial charge in [0.15, 0.2) is 0 Å². The van der Waals surface area contributed by atoms with E-state index in [0.29, 0.717) is 0 Å². The van der Waals surface area contributed by atoms with Crippen molar-refractivity contribution in [2.75, 3.05) is 26.7 Å². The van der Waals surface area contributed by atoms with E-state index in [4.69, 9.17) is 0 Å². The number of amides is 2. The molecule has 2 amide bonds. The summed E-state index contributed by atoms with van der Waals surface area (Å²) in [5.74, 6) is 0. The van der Waals surface area contributed by atoms with Gasteiger partial charge in [0.1, 0.15) is 0 Å². The smallest absolute Gasteiger partial charge is 0.317 e. The average molecular weight is 171 g/mol. The van der Waals surface area contributed by atoms with Gasteiger partial charge < -0.3 is 15.5 Å². The topological polar surface area (TPSA) is 44.4 Å². The van der Waals surface area contributed by atoms with Crippen LogP contribution in [0.15, 0.2) is 0 Å². The van der Waals surface area contributed by atoms with E-state index in [1.165, 1.54) is 0 Å². The van der Waals surface area contributed by atoms with Gasteiger partial charge in [-0.1, -0.05) is 0 Å². The number of rotatable bonds is 3. The van der Waals surface area contributed by atoms with Crippen LogP contribution in [0, 0.1) is 0 Å². The molecule has 1 unspecified atom stereocenters. The van der Waals surface area contributed by atoms with E-state index in [2.05, 4.69) is 17.6 Å². The molecule has 1 saturated heterocycles. The van der Waals surface area contributed by atoms with Crippen molar-refractivity contribution in [1.29, 1.82) is 0 Å². The van der Waals surface area contributed by atoms with Crippen molar-refractivity contribution in [3.05, 3.63) is 0 Å². The summed E-state index contributed by atoms with van der Waals surface area (Å²) in [5.41, 5.74) is 0. The summed E-state index contributed by atoms with van der Waals surface area (Å²) < 4.78 is 0. The van der Waals surface area contributed by atoms with Gasteiger partial charge in [-0.05, 0) is 20.4 Å². The van der Waals surface area contributed by atoms with E-state index in [9.17, 15) is 4.79 Å². The molecule has 0 aromatic rings. The van der Waals surface area contributed by atoms with Crippen molar-refractivity contribution < 1.29 is 4.79 Å². The number of carbonyl (C=O) groups is 1. The van der Waals surface area contributed by atoms with Crippen LogP contribution >= 0.6 is 0 Å². The number of likely N-dealkylation sites (N-methyl/N-ethyl adjacent to an activating group) is 1. The van der Waals surface area contributed by atoms with Gasteiger partial charge in [0.05, 0.1) is 0 Å². The van der Waals surface area contributed by atoms with E-state index < -0.39 is 0 Å². The predicted octanol–water partition coefficient (Wildman–Crippen LogP) is 0.00960. The van der Waals surface area contributed by atoms with Crippen molar-refractivity contribution in [1.82, 2.24) is 15.5 Å². The number of hydrogen-bond acceptors (Lipinski definition) is 2. The summed E-state index contributed by atoms with van der Waals surface area (Å²) in [4.78, 5) is 13.2. The maximum atomic E-state index is 11.3. The molecular weight excluding hydrogens is 154 g/mol. The lowest BCUT2D eigenvalue weighted by Crippen LogP contribution is -2.52. The number of nitrogens with one attached hydrogen (secondary N) is 2. The molecule has 1 fully saturated rings.